The molecule has 1 unspecified atom stereocenters. The first-order chi connectivity index (χ1) is 14.3. The van der Waals surface area contributed by atoms with Crippen LogP contribution in [0.2, 0.25) is 0 Å². The Morgan fingerprint density at radius 2 is 1.90 bits per heavy atom. The number of aromatic nitrogens is 1. The number of benzene rings is 1. The van der Waals surface area contributed by atoms with Crippen LogP contribution in [-0.4, -0.2) is 44.3 Å². The van der Waals surface area contributed by atoms with E-state index in [2.05, 4.69) is 10.0 Å². The van der Waals surface area contributed by atoms with Gasteiger partial charge < -0.3 is 20.4 Å². The van der Waals surface area contributed by atoms with Crippen molar-refractivity contribution >= 4 is 29.5 Å². The summed E-state index contributed by atoms with van der Waals surface area (Å²) >= 11 is 0.796. The Morgan fingerprint density at radius 1 is 1.23 bits per heavy atom. The Bertz CT molecular complexity index is 883. The van der Waals surface area contributed by atoms with E-state index in [1.54, 1.807) is 6.07 Å². The second-order valence-electron chi connectivity index (χ2n) is 6.16. The van der Waals surface area contributed by atoms with Gasteiger partial charge in [0.05, 0.1) is 11.3 Å². The number of rotatable bonds is 11. The fraction of sp³-hybridized carbons (Fsp3) is 0.333. The van der Waals surface area contributed by atoms with Gasteiger partial charge in [0.1, 0.15) is 10.9 Å². The fourth-order valence-corrected chi connectivity index (χ4v) is 3.16. The number of para-hydroxylation sites is 1. The standard InChI is InChI=1S/C18H22N4O7S/c1-2-3-10-19-15(23)11-12(18(26)29-21-16(24)8-9-17(21)25)20-30-14-7-5-4-6-13(14)22(27)28/h4-9,12,20,24-25H,2-3,10-11H2,1H3,(H,19,23). The molecule has 0 aliphatic carbocycles. The van der Waals surface area contributed by atoms with Crippen molar-refractivity contribution in [3.8, 4) is 11.8 Å². The maximum Gasteiger partial charge on any atom is 0.351 e. The minimum Gasteiger partial charge on any atom is -0.492 e. The van der Waals surface area contributed by atoms with Gasteiger partial charge in [-0.1, -0.05) is 25.5 Å². The average Bonchev–Trinajstić information content (AvgIpc) is 3.03. The van der Waals surface area contributed by atoms with Crippen molar-refractivity contribution in [2.24, 2.45) is 0 Å². The molecule has 0 aliphatic heterocycles. The minimum atomic E-state index is -1.22. The largest absolute Gasteiger partial charge is 0.492 e. The molecule has 0 bridgehead atoms. The average molecular weight is 438 g/mol. The summed E-state index contributed by atoms with van der Waals surface area (Å²) in [6.07, 6.45) is 1.33. The molecule has 1 amide bonds. The molecule has 4 N–H and O–H groups in total. The van der Waals surface area contributed by atoms with Gasteiger partial charge in [0, 0.05) is 24.7 Å². The molecule has 0 spiro atoms. The Hall–Kier alpha value is -3.25. The van der Waals surface area contributed by atoms with E-state index in [0.29, 0.717) is 11.3 Å². The molecular weight excluding hydrogens is 416 g/mol. The molecule has 2 aromatic rings. The Morgan fingerprint density at radius 3 is 2.53 bits per heavy atom. The summed E-state index contributed by atoms with van der Waals surface area (Å²) in [5, 5.41) is 33.1. The molecule has 11 nitrogen and oxygen atoms in total. The third-order valence-electron chi connectivity index (χ3n) is 3.88. The molecule has 1 aromatic carbocycles. The molecule has 0 fully saturated rings. The van der Waals surface area contributed by atoms with Crippen molar-refractivity contribution in [2.45, 2.75) is 37.1 Å². The molecule has 30 heavy (non-hydrogen) atoms. The van der Waals surface area contributed by atoms with Gasteiger partial charge in [0.25, 0.3) is 5.69 Å². The second kappa shape index (κ2) is 11.1. The highest BCUT2D eigenvalue weighted by Crippen LogP contribution is 2.27. The lowest BCUT2D eigenvalue weighted by Gasteiger charge is -2.17. The van der Waals surface area contributed by atoms with E-state index in [0.717, 1.165) is 36.9 Å². The van der Waals surface area contributed by atoms with Crippen molar-refractivity contribution < 1.29 is 29.6 Å². The Balaban J connectivity index is 2.13. The van der Waals surface area contributed by atoms with Crippen molar-refractivity contribution in [1.29, 1.82) is 0 Å². The lowest BCUT2D eigenvalue weighted by molar-refractivity contribution is -0.387. The number of aromatic hydroxyl groups is 2. The van der Waals surface area contributed by atoms with Gasteiger partial charge in [0.15, 0.2) is 0 Å². The van der Waals surface area contributed by atoms with E-state index in [4.69, 9.17) is 4.84 Å². The van der Waals surface area contributed by atoms with Crippen LogP contribution in [-0.2, 0) is 9.59 Å². The molecule has 12 heteroatoms. The molecule has 1 heterocycles. The summed E-state index contributed by atoms with van der Waals surface area (Å²) in [6, 6.07) is 6.91. The van der Waals surface area contributed by atoms with Gasteiger partial charge in [-0.25, -0.2) is 9.52 Å². The Kier molecular flexibility index (Phi) is 8.50. The number of hydrogen-bond acceptors (Lipinski definition) is 9. The van der Waals surface area contributed by atoms with Crippen LogP contribution in [0.1, 0.15) is 26.2 Å². The van der Waals surface area contributed by atoms with Crippen LogP contribution in [0, 0.1) is 10.1 Å². The first-order valence-electron chi connectivity index (χ1n) is 9.07. The molecular formula is C18H22N4O7S. The first kappa shape index (κ1) is 23.0. The number of nitro benzene ring substituents is 1. The molecule has 1 atom stereocenters. The number of carbonyl (C=O) groups excluding carboxylic acids is 2. The van der Waals surface area contributed by atoms with E-state index < -0.39 is 34.6 Å². The van der Waals surface area contributed by atoms with Gasteiger partial charge >= 0.3 is 5.97 Å². The van der Waals surface area contributed by atoms with Crippen molar-refractivity contribution in [3.63, 3.8) is 0 Å². The lowest BCUT2D eigenvalue weighted by Crippen LogP contribution is -2.42. The fourth-order valence-electron chi connectivity index (χ4n) is 2.31. The summed E-state index contributed by atoms with van der Waals surface area (Å²) < 4.78 is 3.21. The number of amides is 1. The van der Waals surface area contributed by atoms with E-state index in [-0.39, 0.29) is 17.0 Å². The van der Waals surface area contributed by atoms with E-state index in [9.17, 15) is 29.9 Å². The number of hydrogen-bond donors (Lipinski definition) is 4. The minimum absolute atomic E-state index is 0.171. The number of nitrogens with zero attached hydrogens (tertiary/aromatic N) is 2. The number of unbranched alkanes of at least 4 members (excludes halogenated alkanes) is 1. The normalized spacial score (nSPS) is 11.6. The van der Waals surface area contributed by atoms with Gasteiger partial charge in [0.2, 0.25) is 17.7 Å². The monoisotopic (exact) mass is 438 g/mol. The van der Waals surface area contributed by atoms with E-state index in [1.165, 1.54) is 18.2 Å². The highest BCUT2D eigenvalue weighted by atomic mass is 32.2. The summed E-state index contributed by atoms with van der Waals surface area (Å²) in [6.45, 7) is 2.40. The lowest BCUT2D eigenvalue weighted by atomic mass is 10.2. The molecule has 1 aromatic heterocycles. The smallest absolute Gasteiger partial charge is 0.351 e. The third kappa shape index (κ3) is 6.39. The van der Waals surface area contributed by atoms with E-state index >= 15 is 0 Å². The number of carbonyl (C=O) groups is 2. The molecule has 0 radical (unpaired) electrons. The predicted octanol–water partition coefficient (Wildman–Crippen LogP) is 1.73. The van der Waals surface area contributed by atoms with Crippen LogP contribution in [0.5, 0.6) is 11.8 Å². The van der Waals surface area contributed by atoms with Gasteiger partial charge in [-0.3, -0.25) is 14.9 Å². The summed E-state index contributed by atoms with van der Waals surface area (Å²) in [4.78, 5) is 40.5. The number of nitro groups is 1. The predicted molar refractivity (Wildman–Crippen MR) is 108 cm³/mol. The van der Waals surface area contributed by atoms with Crippen LogP contribution in [0.3, 0.4) is 0 Å². The topological polar surface area (TPSA) is 156 Å². The zero-order chi connectivity index (χ0) is 22.1. The number of nitrogens with one attached hydrogen (secondary N) is 2. The van der Waals surface area contributed by atoms with Crippen LogP contribution >= 0.6 is 11.9 Å². The highest BCUT2D eigenvalue weighted by Gasteiger charge is 2.27. The van der Waals surface area contributed by atoms with Gasteiger partial charge in [-0.2, -0.15) is 0 Å². The summed E-state index contributed by atoms with van der Waals surface area (Å²) in [5.74, 6) is -2.44. The third-order valence-corrected chi connectivity index (χ3v) is 4.85. The van der Waals surface area contributed by atoms with Crippen LogP contribution in [0.15, 0.2) is 41.3 Å². The molecule has 0 saturated heterocycles. The van der Waals surface area contributed by atoms with Gasteiger partial charge in [-0.15, -0.1) is 4.73 Å². The molecule has 162 valence electrons. The van der Waals surface area contributed by atoms with E-state index in [1.807, 2.05) is 6.92 Å². The summed E-state index contributed by atoms with van der Waals surface area (Å²) in [5.41, 5.74) is -0.171. The Labute approximate surface area is 176 Å². The second-order valence-corrected chi connectivity index (χ2v) is 7.04. The van der Waals surface area contributed by atoms with Crippen molar-refractivity contribution in [2.75, 3.05) is 6.54 Å². The summed E-state index contributed by atoms with van der Waals surface area (Å²) in [7, 11) is 0. The van der Waals surface area contributed by atoms with Crippen LogP contribution in [0.4, 0.5) is 5.69 Å². The molecule has 0 saturated carbocycles. The highest BCUT2D eigenvalue weighted by molar-refractivity contribution is 7.97. The molecule has 2 rings (SSSR count). The van der Waals surface area contributed by atoms with Crippen molar-refractivity contribution in [3.05, 3.63) is 46.5 Å². The zero-order valence-corrected chi connectivity index (χ0v) is 16.9. The first-order valence-corrected chi connectivity index (χ1v) is 9.89. The maximum absolute atomic E-state index is 12.6. The zero-order valence-electron chi connectivity index (χ0n) is 16.1. The SMILES string of the molecule is CCCCNC(=O)CC(NSc1ccccc1[N+](=O)[O-])C(=O)On1c(O)ccc1O. The molecule has 0 aliphatic rings. The van der Waals surface area contributed by atoms with Crippen LogP contribution in [0.25, 0.3) is 0 Å². The van der Waals surface area contributed by atoms with Crippen LogP contribution < -0.4 is 14.9 Å². The van der Waals surface area contributed by atoms with Gasteiger partial charge in [-0.05, 0) is 24.4 Å². The maximum atomic E-state index is 12.6. The van der Waals surface area contributed by atoms with Crippen molar-refractivity contribution in [1.82, 2.24) is 14.8 Å². The quantitative estimate of drug-likeness (QED) is 0.178.